The van der Waals surface area contributed by atoms with Gasteiger partial charge in [-0.05, 0) is 25.2 Å². The number of hydrogen-bond donors (Lipinski definition) is 0. The zero-order valence-electron chi connectivity index (χ0n) is 9.56. The maximum Gasteiger partial charge on any atom is 0.0814 e. The lowest BCUT2D eigenvalue weighted by molar-refractivity contribution is 0.245. The van der Waals surface area contributed by atoms with Gasteiger partial charge in [-0.2, -0.15) is 5.10 Å². The van der Waals surface area contributed by atoms with E-state index in [9.17, 15) is 0 Å². The van der Waals surface area contributed by atoms with E-state index in [2.05, 4.69) is 34.9 Å². The van der Waals surface area contributed by atoms with Crippen molar-refractivity contribution in [2.75, 3.05) is 5.33 Å². The van der Waals surface area contributed by atoms with Crippen molar-refractivity contribution in [1.29, 1.82) is 0 Å². The summed E-state index contributed by atoms with van der Waals surface area (Å²) in [5, 5.41) is 6.07. The van der Waals surface area contributed by atoms with Crippen LogP contribution in [0.2, 0.25) is 5.02 Å². The van der Waals surface area contributed by atoms with E-state index in [1.807, 2.05) is 11.6 Å². The van der Waals surface area contributed by atoms with Crippen molar-refractivity contribution in [3.05, 3.63) is 16.9 Å². The van der Waals surface area contributed by atoms with Crippen molar-refractivity contribution in [3.63, 3.8) is 0 Å². The van der Waals surface area contributed by atoms with Crippen LogP contribution in [0.15, 0.2) is 6.20 Å². The van der Waals surface area contributed by atoms with Crippen molar-refractivity contribution in [1.82, 2.24) is 9.78 Å². The summed E-state index contributed by atoms with van der Waals surface area (Å²) in [6, 6.07) is 0. The fourth-order valence-electron chi connectivity index (χ4n) is 1.61. The van der Waals surface area contributed by atoms with Crippen LogP contribution >= 0.6 is 27.5 Å². The van der Waals surface area contributed by atoms with Gasteiger partial charge in [0.2, 0.25) is 0 Å². The second-order valence-corrected chi connectivity index (χ2v) is 5.04. The molecular weight excluding hydrogens is 275 g/mol. The second-order valence-electron chi connectivity index (χ2n) is 4.08. The minimum Gasteiger partial charge on any atom is -0.268 e. The van der Waals surface area contributed by atoms with Crippen LogP contribution in [0.3, 0.4) is 0 Å². The van der Waals surface area contributed by atoms with Crippen molar-refractivity contribution in [3.8, 4) is 0 Å². The average Bonchev–Trinajstić information content (AvgIpc) is 2.57. The van der Waals surface area contributed by atoms with Crippen molar-refractivity contribution < 1.29 is 0 Å². The molecule has 0 aliphatic rings. The predicted octanol–water partition coefficient (Wildman–Crippen LogP) is 4.05. The van der Waals surface area contributed by atoms with Crippen LogP contribution in [0.25, 0.3) is 0 Å². The molecule has 86 valence electrons. The first-order valence-corrected chi connectivity index (χ1v) is 6.82. The minimum absolute atomic E-state index is 0.292. The van der Waals surface area contributed by atoms with Crippen LogP contribution in [0.5, 0.6) is 0 Å². The first kappa shape index (κ1) is 13.0. The van der Waals surface area contributed by atoms with Crippen LogP contribution in [-0.2, 0) is 6.54 Å². The third-order valence-electron chi connectivity index (χ3n) is 3.31. The largest absolute Gasteiger partial charge is 0.268 e. The zero-order valence-corrected chi connectivity index (χ0v) is 11.9. The monoisotopic (exact) mass is 292 g/mol. The molecule has 0 amide bonds. The summed E-state index contributed by atoms with van der Waals surface area (Å²) in [7, 11) is 0. The Morgan fingerprint density at radius 2 is 2.07 bits per heavy atom. The number of halogens is 2. The average molecular weight is 294 g/mol. The molecule has 0 radical (unpaired) electrons. The minimum atomic E-state index is 0.292. The number of nitrogens with zero attached hydrogens (tertiary/aromatic N) is 2. The molecule has 0 N–H and O–H groups in total. The van der Waals surface area contributed by atoms with Crippen molar-refractivity contribution in [2.24, 2.45) is 5.41 Å². The van der Waals surface area contributed by atoms with Gasteiger partial charge in [-0.15, -0.1) is 0 Å². The van der Waals surface area contributed by atoms with Crippen LogP contribution in [0.1, 0.15) is 32.4 Å². The number of aromatic nitrogens is 2. The van der Waals surface area contributed by atoms with Crippen LogP contribution in [-0.4, -0.2) is 15.1 Å². The van der Waals surface area contributed by atoms with E-state index in [1.165, 1.54) is 0 Å². The molecule has 0 fully saturated rings. The van der Waals surface area contributed by atoms with Gasteiger partial charge in [0, 0.05) is 11.9 Å². The molecule has 1 heterocycles. The zero-order chi connectivity index (χ0) is 11.5. The van der Waals surface area contributed by atoms with Gasteiger partial charge in [0.25, 0.3) is 0 Å². The molecule has 0 aliphatic carbocycles. The van der Waals surface area contributed by atoms with Crippen LogP contribution in [0.4, 0.5) is 0 Å². The summed E-state index contributed by atoms with van der Waals surface area (Å²) in [5.74, 6) is 0. The molecule has 0 bridgehead atoms. The first-order valence-electron chi connectivity index (χ1n) is 5.32. The Hall–Kier alpha value is -0.0200. The third kappa shape index (κ3) is 2.76. The molecule has 0 atom stereocenters. The topological polar surface area (TPSA) is 17.8 Å². The quantitative estimate of drug-likeness (QED) is 0.749. The highest BCUT2D eigenvalue weighted by Crippen LogP contribution is 2.31. The molecule has 0 saturated carbocycles. The molecule has 2 nitrogen and oxygen atoms in total. The lowest BCUT2D eigenvalue weighted by Gasteiger charge is -2.29. The maximum absolute atomic E-state index is 5.99. The van der Waals surface area contributed by atoms with Gasteiger partial charge < -0.3 is 0 Å². The molecular formula is C11H18BrClN2. The van der Waals surface area contributed by atoms with E-state index in [0.29, 0.717) is 5.41 Å². The Kier molecular flexibility index (Phi) is 4.65. The van der Waals surface area contributed by atoms with Crippen molar-refractivity contribution in [2.45, 2.75) is 40.2 Å². The fraction of sp³-hybridized carbons (Fsp3) is 0.727. The SMILES string of the molecule is CCC(CC)(CBr)Cn1ncc(Cl)c1C. The first-order chi connectivity index (χ1) is 7.08. The number of alkyl halides is 1. The van der Waals surface area contributed by atoms with E-state index in [-0.39, 0.29) is 0 Å². The highest BCUT2D eigenvalue weighted by atomic mass is 79.9. The lowest BCUT2D eigenvalue weighted by atomic mass is 9.84. The summed E-state index contributed by atoms with van der Waals surface area (Å²) in [4.78, 5) is 0. The summed E-state index contributed by atoms with van der Waals surface area (Å²) in [6.45, 7) is 7.40. The fourth-order valence-corrected chi connectivity index (χ4v) is 2.72. The summed E-state index contributed by atoms with van der Waals surface area (Å²) < 4.78 is 2.01. The van der Waals surface area contributed by atoms with E-state index in [1.54, 1.807) is 6.20 Å². The van der Waals surface area contributed by atoms with Crippen LogP contribution in [0, 0.1) is 12.3 Å². The Labute approximate surface area is 105 Å². The molecule has 1 rings (SSSR count). The number of rotatable bonds is 5. The molecule has 15 heavy (non-hydrogen) atoms. The molecule has 1 aromatic rings. The Morgan fingerprint density at radius 1 is 1.47 bits per heavy atom. The predicted molar refractivity (Wildman–Crippen MR) is 68.8 cm³/mol. The van der Waals surface area contributed by atoms with E-state index in [4.69, 9.17) is 11.6 Å². The van der Waals surface area contributed by atoms with Gasteiger partial charge in [0.1, 0.15) is 0 Å². The lowest BCUT2D eigenvalue weighted by Crippen LogP contribution is -2.28. The Bertz CT molecular complexity index is 310. The van der Waals surface area contributed by atoms with Crippen LogP contribution < -0.4 is 0 Å². The highest BCUT2D eigenvalue weighted by molar-refractivity contribution is 9.09. The van der Waals surface area contributed by atoms with Gasteiger partial charge in [-0.3, -0.25) is 4.68 Å². The van der Waals surface area contributed by atoms with Gasteiger partial charge >= 0.3 is 0 Å². The van der Waals surface area contributed by atoms with E-state index < -0.39 is 0 Å². The summed E-state index contributed by atoms with van der Waals surface area (Å²) in [5.41, 5.74) is 1.35. The normalized spacial score (nSPS) is 12.1. The standard InChI is InChI=1S/C11H18BrClN2/c1-4-11(5-2,7-12)8-15-9(3)10(13)6-14-15/h6H,4-5,7-8H2,1-3H3. The summed E-state index contributed by atoms with van der Waals surface area (Å²) in [6.07, 6.45) is 4.01. The van der Waals surface area contributed by atoms with Gasteiger partial charge in [0.05, 0.1) is 16.9 Å². The van der Waals surface area contributed by atoms with Crippen molar-refractivity contribution >= 4 is 27.5 Å². The molecule has 0 spiro atoms. The molecule has 0 aromatic carbocycles. The molecule has 4 heteroatoms. The molecule has 1 aromatic heterocycles. The van der Waals surface area contributed by atoms with Gasteiger partial charge in [0.15, 0.2) is 0 Å². The maximum atomic E-state index is 5.99. The number of hydrogen-bond acceptors (Lipinski definition) is 1. The highest BCUT2D eigenvalue weighted by Gasteiger charge is 2.26. The van der Waals surface area contributed by atoms with Gasteiger partial charge in [-0.1, -0.05) is 41.4 Å². The van der Waals surface area contributed by atoms with E-state index >= 15 is 0 Å². The smallest absolute Gasteiger partial charge is 0.0814 e. The Morgan fingerprint density at radius 3 is 2.40 bits per heavy atom. The molecule has 0 saturated heterocycles. The Balaban J connectivity index is 2.87. The molecule has 0 aliphatic heterocycles. The van der Waals surface area contributed by atoms with E-state index in [0.717, 1.165) is 35.4 Å². The third-order valence-corrected chi connectivity index (χ3v) is 4.87. The molecule has 0 unspecified atom stereocenters. The van der Waals surface area contributed by atoms with Gasteiger partial charge in [-0.25, -0.2) is 0 Å². The second kappa shape index (κ2) is 5.35. The summed E-state index contributed by atoms with van der Waals surface area (Å²) >= 11 is 9.60.